The number of aliphatic hydroxyl groups excluding tert-OH is 1. The summed E-state index contributed by atoms with van der Waals surface area (Å²) in [4.78, 5) is 0. The van der Waals surface area contributed by atoms with Crippen LogP contribution in [0.1, 0.15) is 47.6 Å². The molecule has 1 aliphatic rings. The fourth-order valence-electron chi connectivity index (χ4n) is 2.77. The summed E-state index contributed by atoms with van der Waals surface area (Å²) in [5, 5.41) is 10.4. The van der Waals surface area contributed by atoms with Crippen LogP contribution in [-0.2, 0) is 4.74 Å². The number of hydrogen-bond donors (Lipinski definition) is 1. The highest BCUT2D eigenvalue weighted by Crippen LogP contribution is 2.30. The number of hydrogen-bond acceptors (Lipinski definition) is 2. The summed E-state index contributed by atoms with van der Waals surface area (Å²) in [6.45, 7) is 8.03. The number of rotatable bonds is 3. The number of aliphatic hydroxyl groups is 1. The molecule has 1 N–H and O–H groups in total. The summed E-state index contributed by atoms with van der Waals surface area (Å²) in [7, 11) is 0. The first-order valence-electron chi connectivity index (χ1n) is 6.91. The molecule has 1 aromatic carbocycles. The van der Waals surface area contributed by atoms with Crippen LogP contribution in [-0.4, -0.2) is 18.3 Å². The van der Waals surface area contributed by atoms with Crippen LogP contribution in [0.2, 0.25) is 0 Å². The Labute approximate surface area is 110 Å². The van der Waals surface area contributed by atoms with E-state index in [1.807, 2.05) is 0 Å². The summed E-state index contributed by atoms with van der Waals surface area (Å²) in [5.74, 6) is 0.606. The smallest absolute Gasteiger partial charge is 0.0795 e. The maximum Gasteiger partial charge on any atom is 0.0795 e. The van der Waals surface area contributed by atoms with Crippen LogP contribution >= 0.6 is 0 Å². The van der Waals surface area contributed by atoms with E-state index in [1.165, 1.54) is 16.7 Å². The minimum Gasteiger partial charge on any atom is -0.388 e. The topological polar surface area (TPSA) is 29.5 Å². The maximum atomic E-state index is 10.4. The van der Waals surface area contributed by atoms with Crippen molar-refractivity contribution in [3.63, 3.8) is 0 Å². The van der Waals surface area contributed by atoms with Crippen molar-refractivity contribution in [2.24, 2.45) is 5.92 Å². The van der Waals surface area contributed by atoms with Crippen molar-refractivity contribution in [2.75, 3.05) is 13.2 Å². The lowest BCUT2D eigenvalue weighted by atomic mass is 9.88. The monoisotopic (exact) mass is 248 g/mol. The van der Waals surface area contributed by atoms with Crippen LogP contribution in [0.5, 0.6) is 0 Å². The van der Waals surface area contributed by atoms with Crippen molar-refractivity contribution in [1.82, 2.24) is 0 Å². The maximum absolute atomic E-state index is 10.4. The third-order valence-electron chi connectivity index (χ3n) is 4.14. The van der Waals surface area contributed by atoms with Crippen LogP contribution < -0.4 is 0 Å². The largest absolute Gasteiger partial charge is 0.388 e. The van der Waals surface area contributed by atoms with Gasteiger partial charge in [-0.05, 0) is 68.2 Å². The Morgan fingerprint density at radius 1 is 1.11 bits per heavy atom. The van der Waals surface area contributed by atoms with E-state index in [0.717, 1.165) is 38.0 Å². The van der Waals surface area contributed by atoms with Crippen LogP contribution in [0.25, 0.3) is 0 Å². The van der Waals surface area contributed by atoms with Gasteiger partial charge in [0.25, 0.3) is 0 Å². The molecule has 2 nitrogen and oxygen atoms in total. The van der Waals surface area contributed by atoms with Crippen LogP contribution in [0.3, 0.4) is 0 Å². The Kier molecular flexibility index (Phi) is 4.41. The molecule has 0 spiro atoms. The van der Waals surface area contributed by atoms with E-state index in [1.54, 1.807) is 0 Å². The van der Waals surface area contributed by atoms with Crippen LogP contribution in [0, 0.1) is 26.7 Å². The quantitative estimate of drug-likeness (QED) is 0.887. The molecule has 2 heteroatoms. The molecule has 0 aromatic heterocycles. The lowest BCUT2D eigenvalue weighted by molar-refractivity contribution is 0.0434. The summed E-state index contributed by atoms with van der Waals surface area (Å²) < 4.78 is 5.36. The van der Waals surface area contributed by atoms with Gasteiger partial charge in [-0.2, -0.15) is 0 Å². The van der Waals surface area contributed by atoms with Crippen molar-refractivity contribution in [3.8, 4) is 0 Å². The highest BCUT2D eigenvalue weighted by molar-refractivity contribution is 5.37. The molecule has 2 rings (SSSR count). The lowest BCUT2D eigenvalue weighted by Crippen LogP contribution is -2.18. The van der Waals surface area contributed by atoms with Gasteiger partial charge in [-0.3, -0.25) is 0 Å². The lowest BCUT2D eigenvalue weighted by Gasteiger charge is -2.25. The molecule has 0 saturated carbocycles. The first-order valence-corrected chi connectivity index (χ1v) is 6.91. The first kappa shape index (κ1) is 13.6. The molecule has 1 aromatic rings. The van der Waals surface area contributed by atoms with E-state index in [2.05, 4.69) is 32.9 Å². The first-order chi connectivity index (χ1) is 8.58. The average molecular weight is 248 g/mol. The van der Waals surface area contributed by atoms with Crippen molar-refractivity contribution in [3.05, 3.63) is 34.4 Å². The molecule has 0 aliphatic carbocycles. The highest BCUT2D eigenvalue weighted by atomic mass is 16.5. The van der Waals surface area contributed by atoms with Gasteiger partial charge in [-0.15, -0.1) is 0 Å². The van der Waals surface area contributed by atoms with Crippen LogP contribution in [0.15, 0.2) is 12.1 Å². The Hall–Kier alpha value is -0.860. The highest BCUT2D eigenvalue weighted by Gasteiger charge is 2.20. The molecule has 1 aliphatic heterocycles. The van der Waals surface area contributed by atoms with Gasteiger partial charge in [-0.25, -0.2) is 0 Å². The Morgan fingerprint density at radius 3 is 2.39 bits per heavy atom. The van der Waals surface area contributed by atoms with E-state index in [0.29, 0.717) is 5.92 Å². The van der Waals surface area contributed by atoms with Crippen molar-refractivity contribution in [1.29, 1.82) is 0 Å². The molecule has 0 radical (unpaired) electrons. The second-order valence-electron chi connectivity index (χ2n) is 5.60. The summed E-state index contributed by atoms with van der Waals surface area (Å²) in [6, 6.07) is 4.33. The average Bonchev–Trinajstić information content (AvgIpc) is 2.35. The fourth-order valence-corrected chi connectivity index (χ4v) is 2.77. The van der Waals surface area contributed by atoms with Gasteiger partial charge < -0.3 is 9.84 Å². The molecule has 0 amide bonds. The van der Waals surface area contributed by atoms with E-state index in [-0.39, 0.29) is 6.10 Å². The Balaban J connectivity index is 2.08. The third-order valence-corrected chi connectivity index (χ3v) is 4.14. The number of benzene rings is 1. The SMILES string of the molecule is Cc1cc(C)c(C(O)CC2CCOCC2)cc1C. The third kappa shape index (κ3) is 3.12. The van der Waals surface area contributed by atoms with E-state index in [9.17, 15) is 5.11 Å². The summed E-state index contributed by atoms with van der Waals surface area (Å²) in [6.07, 6.45) is 2.71. The normalized spacial score (nSPS) is 18.9. The van der Waals surface area contributed by atoms with Gasteiger partial charge in [0.1, 0.15) is 0 Å². The predicted octanol–water partition coefficient (Wildman–Crippen LogP) is 3.46. The van der Waals surface area contributed by atoms with Gasteiger partial charge in [0, 0.05) is 13.2 Å². The standard InChI is InChI=1S/C16H24O2/c1-11-8-13(3)15(9-12(11)2)16(17)10-14-4-6-18-7-5-14/h8-9,14,16-17H,4-7,10H2,1-3H3. The number of aryl methyl sites for hydroxylation is 3. The molecule has 1 unspecified atom stereocenters. The summed E-state index contributed by atoms with van der Waals surface area (Å²) >= 11 is 0. The minimum atomic E-state index is -0.326. The molecular weight excluding hydrogens is 224 g/mol. The zero-order valence-electron chi connectivity index (χ0n) is 11.7. The molecule has 1 fully saturated rings. The van der Waals surface area contributed by atoms with E-state index >= 15 is 0 Å². The predicted molar refractivity (Wildman–Crippen MR) is 73.8 cm³/mol. The molecule has 18 heavy (non-hydrogen) atoms. The van der Waals surface area contributed by atoms with Gasteiger partial charge >= 0.3 is 0 Å². The van der Waals surface area contributed by atoms with Crippen molar-refractivity contribution in [2.45, 2.75) is 46.1 Å². The van der Waals surface area contributed by atoms with E-state index in [4.69, 9.17) is 4.74 Å². The molecule has 0 bridgehead atoms. The fraction of sp³-hybridized carbons (Fsp3) is 0.625. The summed E-state index contributed by atoms with van der Waals surface area (Å²) in [5.41, 5.74) is 4.87. The number of ether oxygens (including phenoxy) is 1. The Morgan fingerprint density at radius 2 is 1.72 bits per heavy atom. The van der Waals surface area contributed by atoms with Crippen molar-refractivity contribution >= 4 is 0 Å². The molecular formula is C16H24O2. The van der Waals surface area contributed by atoms with Crippen molar-refractivity contribution < 1.29 is 9.84 Å². The van der Waals surface area contributed by atoms with E-state index < -0.39 is 0 Å². The Bertz CT molecular complexity index is 406. The second kappa shape index (κ2) is 5.85. The molecule has 1 saturated heterocycles. The van der Waals surface area contributed by atoms with Gasteiger partial charge in [0.05, 0.1) is 6.10 Å². The van der Waals surface area contributed by atoms with Crippen LogP contribution in [0.4, 0.5) is 0 Å². The second-order valence-corrected chi connectivity index (χ2v) is 5.60. The van der Waals surface area contributed by atoms with Gasteiger partial charge in [0.2, 0.25) is 0 Å². The zero-order chi connectivity index (χ0) is 13.1. The van der Waals surface area contributed by atoms with Gasteiger partial charge in [-0.1, -0.05) is 12.1 Å². The minimum absolute atomic E-state index is 0.326. The molecule has 100 valence electrons. The van der Waals surface area contributed by atoms with Gasteiger partial charge in [0.15, 0.2) is 0 Å². The zero-order valence-corrected chi connectivity index (χ0v) is 11.7. The molecule has 1 heterocycles. The molecule has 1 atom stereocenters.